The highest BCUT2D eigenvalue weighted by molar-refractivity contribution is 7.89. The van der Waals surface area contributed by atoms with Gasteiger partial charge >= 0.3 is 0 Å². The summed E-state index contributed by atoms with van der Waals surface area (Å²) >= 11 is 0. The molecular weight excluding hydrogens is 190 g/mol. The second-order valence-corrected chi connectivity index (χ2v) is 5.56. The molecule has 1 rings (SSSR count). The minimum Gasteiger partial charge on any atom is -0.392 e. The van der Waals surface area contributed by atoms with E-state index in [-0.39, 0.29) is 12.3 Å². The summed E-state index contributed by atoms with van der Waals surface area (Å²) in [6.45, 7) is 2.73. The van der Waals surface area contributed by atoms with Crippen LogP contribution < -0.4 is 0 Å². The average molecular weight is 207 g/mol. The van der Waals surface area contributed by atoms with Gasteiger partial charge in [0.1, 0.15) is 0 Å². The zero-order valence-corrected chi connectivity index (χ0v) is 8.76. The van der Waals surface area contributed by atoms with Gasteiger partial charge in [0.2, 0.25) is 10.0 Å². The van der Waals surface area contributed by atoms with Gasteiger partial charge in [-0.2, -0.15) is 4.31 Å². The molecule has 1 heterocycles. The molecule has 1 unspecified atom stereocenters. The smallest absolute Gasteiger partial charge is 0.214 e. The van der Waals surface area contributed by atoms with E-state index in [1.54, 1.807) is 0 Å². The largest absolute Gasteiger partial charge is 0.392 e. The maximum Gasteiger partial charge on any atom is 0.214 e. The first-order valence-electron chi connectivity index (χ1n) is 4.72. The van der Waals surface area contributed by atoms with E-state index in [1.807, 2.05) is 6.92 Å². The maximum atomic E-state index is 11.6. The standard InChI is InChI=1S/C8H17NO3S/c1-2-3-6-13(11,12)9-5-4-8(10)7-9/h8,10H,2-7H2,1H3. The van der Waals surface area contributed by atoms with E-state index in [9.17, 15) is 13.5 Å². The van der Waals surface area contributed by atoms with Crippen LogP contribution in [0.5, 0.6) is 0 Å². The van der Waals surface area contributed by atoms with Crippen LogP contribution in [0.3, 0.4) is 0 Å². The fourth-order valence-electron chi connectivity index (χ4n) is 1.42. The molecule has 0 spiro atoms. The van der Waals surface area contributed by atoms with E-state index in [1.165, 1.54) is 4.31 Å². The fraction of sp³-hybridized carbons (Fsp3) is 1.00. The number of aliphatic hydroxyl groups excluding tert-OH is 1. The van der Waals surface area contributed by atoms with Gasteiger partial charge in [-0.15, -0.1) is 0 Å². The first-order valence-corrected chi connectivity index (χ1v) is 6.33. The highest BCUT2D eigenvalue weighted by atomic mass is 32.2. The van der Waals surface area contributed by atoms with Crippen LogP contribution in [0.1, 0.15) is 26.2 Å². The van der Waals surface area contributed by atoms with Gasteiger partial charge in [-0.1, -0.05) is 13.3 Å². The molecule has 0 radical (unpaired) electrons. The Morgan fingerprint density at radius 3 is 2.69 bits per heavy atom. The summed E-state index contributed by atoms with van der Waals surface area (Å²) in [5, 5.41) is 9.18. The Morgan fingerprint density at radius 1 is 1.54 bits per heavy atom. The lowest BCUT2D eigenvalue weighted by Crippen LogP contribution is -2.31. The topological polar surface area (TPSA) is 57.6 Å². The molecule has 1 saturated heterocycles. The molecule has 0 bridgehead atoms. The van der Waals surface area contributed by atoms with Crippen molar-refractivity contribution in [3.05, 3.63) is 0 Å². The number of hydrogen-bond donors (Lipinski definition) is 1. The normalized spacial score (nSPS) is 25.2. The number of nitrogens with zero attached hydrogens (tertiary/aromatic N) is 1. The lowest BCUT2D eigenvalue weighted by molar-refractivity contribution is 0.189. The second-order valence-electron chi connectivity index (χ2n) is 3.47. The molecule has 4 nitrogen and oxygen atoms in total. The van der Waals surface area contributed by atoms with Gasteiger partial charge < -0.3 is 5.11 Å². The minimum absolute atomic E-state index is 0.218. The molecule has 0 aromatic heterocycles. The number of β-amino-alcohol motifs (C(OH)–C–C–N with tert-alkyl or cyclic N) is 1. The highest BCUT2D eigenvalue weighted by Gasteiger charge is 2.29. The van der Waals surface area contributed by atoms with E-state index in [0.29, 0.717) is 19.4 Å². The summed E-state index contributed by atoms with van der Waals surface area (Å²) in [7, 11) is -3.08. The van der Waals surface area contributed by atoms with E-state index in [2.05, 4.69) is 0 Å². The number of hydrogen-bond acceptors (Lipinski definition) is 3. The molecule has 0 saturated carbocycles. The van der Waals surface area contributed by atoms with Crippen molar-refractivity contribution >= 4 is 10.0 Å². The van der Waals surface area contributed by atoms with Crippen LogP contribution in [-0.2, 0) is 10.0 Å². The molecule has 0 amide bonds. The van der Waals surface area contributed by atoms with E-state index in [0.717, 1.165) is 6.42 Å². The summed E-state index contributed by atoms with van der Waals surface area (Å²) in [4.78, 5) is 0. The van der Waals surface area contributed by atoms with Gasteiger partial charge in [0, 0.05) is 13.1 Å². The van der Waals surface area contributed by atoms with Crippen LogP contribution in [0, 0.1) is 0 Å². The summed E-state index contributed by atoms with van der Waals surface area (Å²) in [6.07, 6.45) is 1.70. The monoisotopic (exact) mass is 207 g/mol. The van der Waals surface area contributed by atoms with Gasteiger partial charge in [0.25, 0.3) is 0 Å². The predicted octanol–water partition coefficient (Wildman–Crippen LogP) is 0.183. The molecule has 13 heavy (non-hydrogen) atoms. The van der Waals surface area contributed by atoms with Crippen LogP contribution in [0.15, 0.2) is 0 Å². The molecule has 1 N–H and O–H groups in total. The van der Waals surface area contributed by atoms with Gasteiger partial charge in [-0.25, -0.2) is 8.42 Å². The zero-order valence-electron chi connectivity index (χ0n) is 7.94. The summed E-state index contributed by atoms with van der Waals surface area (Å²) in [6, 6.07) is 0. The Kier molecular flexibility index (Phi) is 3.70. The van der Waals surface area contributed by atoms with Gasteiger partial charge in [0.05, 0.1) is 11.9 Å². The van der Waals surface area contributed by atoms with Gasteiger partial charge in [-0.3, -0.25) is 0 Å². The van der Waals surface area contributed by atoms with Crippen LogP contribution >= 0.6 is 0 Å². The van der Waals surface area contributed by atoms with Crippen molar-refractivity contribution in [2.45, 2.75) is 32.3 Å². The Labute approximate surface area is 79.6 Å². The first kappa shape index (κ1) is 10.9. The molecule has 5 heteroatoms. The Morgan fingerprint density at radius 2 is 2.23 bits per heavy atom. The fourth-order valence-corrected chi connectivity index (χ4v) is 3.11. The number of unbranched alkanes of at least 4 members (excludes halogenated alkanes) is 1. The van der Waals surface area contributed by atoms with Crippen molar-refractivity contribution < 1.29 is 13.5 Å². The lowest BCUT2D eigenvalue weighted by Gasteiger charge is -2.14. The number of aliphatic hydroxyl groups is 1. The van der Waals surface area contributed by atoms with Crippen molar-refractivity contribution in [1.82, 2.24) is 4.31 Å². The van der Waals surface area contributed by atoms with E-state index in [4.69, 9.17) is 0 Å². The SMILES string of the molecule is CCCCS(=O)(=O)N1CCC(O)C1. The first-order chi connectivity index (χ1) is 6.06. The van der Waals surface area contributed by atoms with E-state index >= 15 is 0 Å². The Balaban J connectivity index is 2.50. The molecule has 1 fully saturated rings. The third kappa shape index (κ3) is 2.93. The highest BCUT2D eigenvalue weighted by Crippen LogP contribution is 2.14. The van der Waals surface area contributed by atoms with Gasteiger partial charge in [-0.05, 0) is 12.8 Å². The van der Waals surface area contributed by atoms with Crippen LogP contribution in [0.25, 0.3) is 0 Å². The van der Waals surface area contributed by atoms with Crippen molar-refractivity contribution in [3.8, 4) is 0 Å². The van der Waals surface area contributed by atoms with Crippen LogP contribution in [0.4, 0.5) is 0 Å². The predicted molar refractivity (Wildman–Crippen MR) is 50.9 cm³/mol. The molecule has 1 aliphatic rings. The van der Waals surface area contributed by atoms with Crippen molar-refractivity contribution in [2.75, 3.05) is 18.8 Å². The van der Waals surface area contributed by atoms with Crippen molar-refractivity contribution in [1.29, 1.82) is 0 Å². The molecular formula is C8H17NO3S. The molecule has 1 aliphatic heterocycles. The van der Waals surface area contributed by atoms with Crippen molar-refractivity contribution in [3.63, 3.8) is 0 Å². The van der Waals surface area contributed by atoms with Crippen LogP contribution in [0.2, 0.25) is 0 Å². The third-order valence-electron chi connectivity index (χ3n) is 2.28. The maximum absolute atomic E-state index is 11.6. The molecule has 0 aliphatic carbocycles. The number of sulfonamides is 1. The lowest BCUT2D eigenvalue weighted by atomic mass is 10.3. The summed E-state index contributed by atoms with van der Waals surface area (Å²) < 4.78 is 24.5. The molecule has 78 valence electrons. The summed E-state index contributed by atoms with van der Waals surface area (Å²) in [5.41, 5.74) is 0. The molecule has 1 atom stereocenters. The second kappa shape index (κ2) is 4.39. The summed E-state index contributed by atoms with van der Waals surface area (Å²) in [5.74, 6) is 0.218. The number of rotatable bonds is 4. The molecule has 0 aromatic carbocycles. The quantitative estimate of drug-likeness (QED) is 0.715. The Bertz CT molecular complexity index is 250. The minimum atomic E-state index is -3.08. The van der Waals surface area contributed by atoms with Gasteiger partial charge in [0.15, 0.2) is 0 Å². The van der Waals surface area contributed by atoms with Crippen molar-refractivity contribution in [2.24, 2.45) is 0 Å². The third-order valence-corrected chi connectivity index (χ3v) is 4.20. The zero-order chi connectivity index (χ0) is 9.90. The Hall–Kier alpha value is -0.130. The van der Waals surface area contributed by atoms with E-state index < -0.39 is 16.1 Å². The average Bonchev–Trinajstić information content (AvgIpc) is 2.49. The molecule has 0 aromatic rings. The van der Waals surface area contributed by atoms with Crippen LogP contribution in [-0.4, -0.2) is 42.8 Å².